The Bertz CT molecular complexity index is 382. The third-order valence-electron chi connectivity index (χ3n) is 2.39. The molecule has 0 bridgehead atoms. The summed E-state index contributed by atoms with van der Waals surface area (Å²) in [7, 11) is 0. The molecule has 0 fully saturated rings. The van der Waals surface area contributed by atoms with Gasteiger partial charge in [-0.05, 0) is 12.1 Å². The Morgan fingerprint density at radius 1 is 1.19 bits per heavy atom. The molecule has 90 valence electrons. The van der Waals surface area contributed by atoms with Gasteiger partial charge in [0.05, 0.1) is 12.2 Å². The molecule has 0 saturated heterocycles. The summed E-state index contributed by atoms with van der Waals surface area (Å²) in [6.45, 7) is 2.16. The molecule has 1 N–H and O–H groups in total. The van der Waals surface area contributed by atoms with Crippen LogP contribution in [0.5, 0.6) is 0 Å². The van der Waals surface area contributed by atoms with Crippen molar-refractivity contribution in [2.75, 3.05) is 6.61 Å². The van der Waals surface area contributed by atoms with E-state index in [4.69, 9.17) is 5.11 Å². The fraction of sp³-hybridized carbons (Fsp3) is 0.455. The van der Waals surface area contributed by atoms with Gasteiger partial charge in [-0.3, -0.25) is 0 Å². The molecule has 0 unspecified atom stereocenters. The van der Waals surface area contributed by atoms with Gasteiger partial charge >= 0.3 is 6.18 Å². The molecule has 1 aromatic rings. The maximum absolute atomic E-state index is 13.5. The van der Waals surface area contributed by atoms with Gasteiger partial charge in [0, 0.05) is 11.0 Å². The zero-order valence-corrected chi connectivity index (χ0v) is 8.90. The van der Waals surface area contributed by atoms with Crippen molar-refractivity contribution in [1.29, 1.82) is 0 Å². The first kappa shape index (κ1) is 13.0. The van der Waals surface area contributed by atoms with Crippen molar-refractivity contribution in [3.63, 3.8) is 0 Å². The molecule has 0 amide bonds. The standard InChI is InChI=1S/C11H12F4O/c1-10(2,6-16)9-7(11(13,14)15)4-3-5-8(9)12/h3-5,16H,6H2,1-2H3. The summed E-state index contributed by atoms with van der Waals surface area (Å²) in [5.74, 6) is -0.950. The van der Waals surface area contributed by atoms with Crippen molar-refractivity contribution in [3.05, 3.63) is 35.1 Å². The van der Waals surface area contributed by atoms with Crippen molar-refractivity contribution in [1.82, 2.24) is 0 Å². The average Bonchev–Trinajstić information content (AvgIpc) is 2.15. The molecule has 1 nitrogen and oxygen atoms in total. The fourth-order valence-corrected chi connectivity index (χ4v) is 1.53. The molecule has 16 heavy (non-hydrogen) atoms. The molecule has 0 spiro atoms. The molecule has 0 aromatic heterocycles. The SMILES string of the molecule is CC(C)(CO)c1c(F)cccc1C(F)(F)F. The summed E-state index contributed by atoms with van der Waals surface area (Å²) in [5, 5.41) is 9.03. The van der Waals surface area contributed by atoms with Crippen LogP contribution in [0.4, 0.5) is 17.6 Å². The smallest absolute Gasteiger partial charge is 0.395 e. The first-order chi connectivity index (χ1) is 7.20. The monoisotopic (exact) mass is 236 g/mol. The predicted octanol–water partition coefficient (Wildman–Crippen LogP) is 3.11. The van der Waals surface area contributed by atoms with Crippen LogP contribution in [0.3, 0.4) is 0 Å². The third-order valence-corrected chi connectivity index (χ3v) is 2.39. The van der Waals surface area contributed by atoms with E-state index in [1.807, 2.05) is 0 Å². The van der Waals surface area contributed by atoms with E-state index < -0.39 is 35.1 Å². The Balaban J connectivity index is 3.48. The highest BCUT2D eigenvalue weighted by Gasteiger charge is 2.39. The highest BCUT2D eigenvalue weighted by Crippen LogP contribution is 2.38. The van der Waals surface area contributed by atoms with Gasteiger partial charge < -0.3 is 5.11 Å². The number of rotatable bonds is 2. The van der Waals surface area contributed by atoms with Crippen LogP contribution < -0.4 is 0 Å². The molecule has 0 aliphatic carbocycles. The summed E-state index contributed by atoms with van der Waals surface area (Å²) in [4.78, 5) is 0. The van der Waals surface area contributed by atoms with E-state index in [2.05, 4.69) is 0 Å². The number of hydrogen-bond acceptors (Lipinski definition) is 1. The van der Waals surface area contributed by atoms with Crippen molar-refractivity contribution < 1.29 is 22.7 Å². The fourth-order valence-electron chi connectivity index (χ4n) is 1.53. The normalized spacial score (nSPS) is 12.9. The minimum absolute atomic E-state index is 0.495. The van der Waals surface area contributed by atoms with Gasteiger partial charge in [0.1, 0.15) is 5.82 Å². The minimum atomic E-state index is -4.62. The molecule has 0 radical (unpaired) electrons. The number of alkyl halides is 3. The van der Waals surface area contributed by atoms with Crippen molar-refractivity contribution >= 4 is 0 Å². The second-order valence-corrected chi connectivity index (χ2v) is 4.20. The number of hydrogen-bond donors (Lipinski definition) is 1. The van der Waals surface area contributed by atoms with Crippen LogP contribution in [0.2, 0.25) is 0 Å². The molecule has 0 aliphatic rings. The summed E-state index contributed by atoms with van der Waals surface area (Å²) in [6, 6.07) is 2.78. The Hall–Kier alpha value is -1.10. The van der Waals surface area contributed by atoms with E-state index in [0.29, 0.717) is 0 Å². The first-order valence-corrected chi connectivity index (χ1v) is 4.67. The highest BCUT2D eigenvalue weighted by molar-refractivity contribution is 5.36. The lowest BCUT2D eigenvalue weighted by Gasteiger charge is -2.26. The Morgan fingerprint density at radius 3 is 2.19 bits per heavy atom. The van der Waals surface area contributed by atoms with Crippen molar-refractivity contribution in [3.8, 4) is 0 Å². The quantitative estimate of drug-likeness (QED) is 0.782. The minimum Gasteiger partial charge on any atom is -0.395 e. The van der Waals surface area contributed by atoms with E-state index >= 15 is 0 Å². The van der Waals surface area contributed by atoms with Crippen LogP contribution >= 0.6 is 0 Å². The second-order valence-electron chi connectivity index (χ2n) is 4.20. The van der Waals surface area contributed by atoms with Gasteiger partial charge in [0.2, 0.25) is 0 Å². The summed E-state index contributed by atoms with van der Waals surface area (Å²) < 4.78 is 51.4. The maximum atomic E-state index is 13.5. The van der Waals surface area contributed by atoms with Crippen molar-refractivity contribution in [2.45, 2.75) is 25.4 Å². The maximum Gasteiger partial charge on any atom is 0.416 e. The molecule has 0 saturated carbocycles. The second kappa shape index (κ2) is 4.05. The lowest BCUT2D eigenvalue weighted by Crippen LogP contribution is -2.28. The van der Waals surface area contributed by atoms with Gasteiger partial charge in [0.25, 0.3) is 0 Å². The van der Waals surface area contributed by atoms with Gasteiger partial charge in [-0.25, -0.2) is 4.39 Å². The topological polar surface area (TPSA) is 20.2 Å². The van der Waals surface area contributed by atoms with Crippen LogP contribution in [-0.4, -0.2) is 11.7 Å². The van der Waals surface area contributed by atoms with E-state index in [1.165, 1.54) is 13.8 Å². The largest absolute Gasteiger partial charge is 0.416 e. The zero-order valence-electron chi connectivity index (χ0n) is 8.90. The number of aliphatic hydroxyl groups is 1. The molecule has 5 heteroatoms. The number of aliphatic hydroxyl groups excluding tert-OH is 1. The lowest BCUT2D eigenvalue weighted by molar-refractivity contribution is -0.139. The van der Waals surface area contributed by atoms with Crippen molar-refractivity contribution in [2.24, 2.45) is 0 Å². The van der Waals surface area contributed by atoms with Gasteiger partial charge in [-0.2, -0.15) is 13.2 Å². The molecule has 0 heterocycles. The van der Waals surface area contributed by atoms with Crippen LogP contribution in [0.25, 0.3) is 0 Å². The Morgan fingerprint density at radius 2 is 1.75 bits per heavy atom. The van der Waals surface area contributed by atoms with Crippen LogP contribution in [0.1, 0.15) is 25.0 Å². The van der Waals surface area contributed by atoms with Crippen LogP contribution in [-0.2, 0) is 11.6 Å². The number of halogens is 4. The molecule has 0 atom stereocenters. The van der Waals surface area contributed by atoms with E-state index in [1.54, 1.807) is 0 Å². The summed E-state index contributed by atoms with van der Waals surface area (Å²) in [5.41, 5.74) is -2.80. The third kappa shape index (κ3) is 2.35. The van der Waals surface area contributed by atoms with Crippen LogP contribution in [0.15, 0.2) is 18.2 Å². The molecular weight excluding hydrogens is 224 g/mol. The van der Waals surface area contributed by atoms with E-state index in [9.17, 15) is 17.6 Å². The van der Waals surface area contributed by atoms with E-state index in [0.717, 1.165) is 18.2 Å². The first-order valence-electron chi connectivity index (χ1n) is 4.67. The Labute approximate surface area is 90.7 Å². The molecule has 1 rings (SSSR count). The van der Waals surface area contributed by atoms with E-state index in [-0.39, 0.29) is 0 Å². The van der Waals surface area contributed by atoms with Gasteiger partial charge in [-0.1, -0.05) is 19.9 Å². The summed E-state index contributed by atoms with van der Waals surface area (Å²) in [6.07, 6.45) is -4.62. The number of benzene rings is 1. The molecular formula is C11H12F4O. The predicted molar refractivity (Wildman–Crippen MR) is 51.5 cm³/mol. The lowest BCUT2D eigenvalue weighted by atomic mass is 9.82. The Kier molecular flexibility index (Phi) is 3.28. The molecule has 1 aromatic carbocycles. The average molecular weight is 236 g/mol. The summed E-state index contributed by atoms with van der Waals surface area (Å²) >= 11 is 0. The van der Waals surface area contributed by atoms with Crippen LogP contribution in [0, 0.1) is 5.82 Å². The molecule has 0 aliphatic heterocycles. The van der Waals surface area contributed by atoms with Gasteiger partial charge in [-0.15, -0.1) is 0 Å². The zero-order chi connectivity index (χ0) is 12.6. The highest BCUT2D eigenvalue weighted by atomic mass is 19.4. The van der Waals surface area contributed by atoms with Gasteiger partial charge in [0.15, 0.2) is 0 Å².